The average Bonchev–Trinajstić information content (AvgIpc) is 2.86. The van der Waals surface area contributed by atoms with Crippen molar-refractivity contribution >= 4 is 29.1 Å². The monoisotopic (exact) mass is 342 g/mol. The van der Waals surface area contributed by atoms with Crippen LogP contribution in [0.2, 0.25) is 10.0 Å². The number of likely N-dealkylation sites (tertiary alicyclic amines) is 1. The predicted molar refractivity (Wildman–Crippen MR) is 87.6 cm³/mol. The highest BCUT2D eigenvalue weighted by Crippen LogP contribution is 2.39. The molecule has 1 amide bonds. The molecule has 0 aliphatic carbocycles. The van der Waals surface area contributed by atoms with Crippen LogP contribution in [0, 0.1) is 0 Å². The zero-order chi connectivity index (χ0) is 15.7. The number of nitrogens with zero attached hydrogens (tertiary/aromatic N) is 1. The molecule has 0 aromatic heterocycles. The van der Waals surface area contributed by atoms with Gasteiger partial charge in [-0.05, 0) is 44.4 Å². The second-order valence-electron chi connectivity index (χ2n) is 6.00. The van der Waals surface area contributed by atoms with Gasteiger partial charge in [0.05, 0.1) is 12.1 Å². The molecule has 6 heteroatoms. The summed E-state index contributed by atoms with van der Waals surface area (Å²) >= 11 is 12.4. The van der Waals surface area contributed by atoms with E-state index < -0.39 is 0 Å². The van der Waals surface area contributed by atoms with Crippen molar-refractivity contribution in [2.24, 2.45) is 0 Å². The molecule has 1 N–H and O–H groups in total. The molecule has 2 fully saturated rings. The second kappa shape index (κ2) is 6.26. The number of benzene rings is 1. The molecular weight excluding hydrogens is 323 g/mol. The Bertz CT molecular complexity index is 594. The summed E-state index contributed by atoms with van der Waals surface area (Å²) in [6.07, 6.45) is 3.88. The second-order valence-corrected chi connectivity index (χ2v) is 6.84. The van der Waals surface area contributed by atoms with E-state index in [0.717, 1.165) is 44.3 Å². The summed E-state index contributed by atoms with van der Waals surface area (Å²) in [5.41, 5.74) is 0.553. The molecule has 3 rings (SSSR count). The van der Waals surface area contributed by atoms with Gasteiger partial charge in [0.25, 0.3) is 0 Å². The predicted octanol–water partition coefficient (Wildman–Crippen LogP) is 3.25. The Hall–Kier alpha value is -0.970. The first-order valence-corrected chi connectivity index (χ1v) is 8.38. The van der Waals surface area contributed by atoms with Crippen molar-refractivity contribution in [2.75, 3.05) is 20.2 Å². The minimum absolute atomic E-state index is 0.156. The molecule has 1 atom stereocenters. The highest BCUT2D eigenvalue weighted by atomic mass is 35.5. The lowest BCUT2D eigenvalue weighted by Crippen LogP contribution is -2.58. The molecule has 4 nitrogen and oxygen atoms in total. The van der Waals surface area contributed by atoms with Gasteiger partial charge in [-0.25, -0.2) is 0 Å². The minimum atomic E-state index is -0.377. The topological polar surface area (TPSA) is 41.6 Å². The van der Waals surface area contributed by atoms with Crippen molar-refractivity contribution in [3.8, 4) is 5.75 Å². The molecule has 0 radical (unpaired) electrons. The fraction of sp³-hybridized carbons (Fsp3) is 0.562. The summed E-state index contributed by atoms with van der Waals surface area (Å²) in [5, 5.41) is 4.11. The van der Waals surface area contributed by atoms with E-state index in [4.69, 9.17) is 27.9 Å². The van der Waals surface area contributed by atoms with Crippen molar-refractivity contribution in [2.45, 2.75) is 37.8 Å². The van der Waals surface area contributed by atoms with E-state index in [1.54, 1.807) is 13.2 Å². The van der Waals surface area contributed by atoms with Gasteiger partial charge in [0.1, 0.15) is 11.3 Å². The molecule has 2 heterocycles. The Kier molecular flexibility index (Phi) is 4.53. The molecule has 0 saturated carbocycles. The van der Waals surface area contributed by atoms with Crippen LogP contribution >= 0.6 is 23.2 Å². The number of amides is 1. The average molecular weight is 343 g/mol. The Balaban J connectivity index is 1.91. The third kappa shape index (κ3) is 2.68. The highest BCUT2D eigenvalue weighted by Gasteiger charge is 2.48. The standard InChI is InChI=1S/C16H20Cl2N2O2/c1-22-14-11(8-12(17)9-13(14)18)10-20-7-3-5-16(20)4-2-6-19-15(16)21/h8-9H,2-7,10H2,1H3,(H,19,21). The van der Waals surface area contributed by atoms with Gasteiger partial charge in [-0.2, -0.15) is 0 Å². The first-order chi connectivity index (χ1) is 10.6. The first-order valence-electron chi connectivity index (χ1n) is 7.62. The van der Waals surface area contributed by atoms with Crippen LogP contribution in [0.5, 0.6) is 5.75 Å². The van der Waals surface area contributed by atoms with Crippen LogP contribution < -0.4 is 10.1 Å². The van der Waals surface area contributed by atoms with Crippen LogP contribution in [0.3, 0.4) is 0 Å². The maximum absolute atomic E-state index is 12.5. The van der Waals surface area contributed by atoms with Gasteiger partial charge < -0.3 is 10.1 Å². The molecule has 2 saturated heterocycles. The maximum Gasteiger partial charge on any atom is 0.240 e. The summed E-state index contributed by atoms with van der Waals surface area (Å²) in [7, 11) is 1.60. The number of piperidine rings is 1. The van der Waals surface area contributed by atoms with Crippen LogP contribution in [-0.4, -0.2) is 36.5 Å². The van der Waals surface area contributed by atoms with E-state index in [2.05, 4.69) is 10.2 Å². The van der Waals surface area contributed by atoms with Crippen LogP contribution in [0.4, 0.5) is 0 Å². The lowest BCUT2D eigenvalue weighted by atomic mass is 9.86. The largest absolute Gasteiger partial charge is 0.495 e. The number of ether oxygens (including phenoxy) is 1. The van der Waals surface area contributed by atoms with Crippen molar-refractivity contribution in [3.05, 3.63) is 27.7 Å². The Morgan fingerprint density at radius 1 is 1.32 bits per heavy atom. The smallest absolute Gasteiger partial charge is 0.240 e. The van der Waals surface area contributed by atoms with Crippen LogP contribution in [0.15, 0.2) is 12.1 Å². The Morgan fingerprint density at radius 2 is 2.09 bits per heavy atom. The lowest BCUT2D eigenvalue weighted by Gasteiger charge is -2.40. The van der Waals surface area contributed by atoms with Crippen LogP contribution in [-0.2, 0) is 11.3 Å². The quantitative estimate of drug-likeness (QED) is 0.916. The number of carbonyl (C=O) groups is 1. The number of nitrogens with one attached hydrogen (secondary N) is 1. The number of hydrogen-bond donors (Lipinski definition) is 1. The summed E-state index contributed by atoms with van der Waals surface area (Å²) in [6, 6.07) is 3.55. The fourth-order valence-corrected chi connectivity index (χ4v) is 4.34. The molecule has 120 valence electrons. The summed E-state index contributed by atoms with van der Waals surface area (Å²) in [4.78, 5) is 14.7. The van der Waals surface area contributed by atoms with Gasteiger partial charge in [-0.1, -0.05) is 23.2 Å². The third-order valence-electron chi connectivity index (χ3n) is 4.75. The van der Waals surface area contributed by atoms with Gasteiger partial charge in [-0.3, -0.25) is 9.69 Å². The van der Waals surface area contributed by atoms with E-state index in [-0.39, 0.29) is 11.4 Å². The molecule has 0 bridgehead atoms. The third-order valence-corrected chi connectivity index (χ3v) is 5.25. The molecule has 1 spiro atoms. The van der Waals surface area contributed by atoms with Gasteiger partial charge >= 0.3 is 0 Å². The Morgan fingerprint density at radius 3 is 2.82 bits per heavy atom. The Labute approximate surface area is 140 Å². The van der Waals surface area contributed by atoms with Gasteiger partial charge in [0.2, 0.25) is 5.91 Å². The van der Waals surface area contributed by atoms with Crippen molar-refractivity contribution in [1.29, 1.82) is 0 Å². The van der Waals surface area contributed by atoms with E-state index >= 15 is 0 Å². The molecule has 1 aromatic carbocycles. The fourth-order valence-electron chi connectivity index (χ4n) is 3.73. The molecule has 2 aliphatic rings. The van der Waals surface area contributed by atoms with Crippen molar-refractivity contribution in [3.63, 3.8) is 0 Å². The molecule has 22 heavy (non-hydrogen) atoms. The number of rotatable bonds is 3. The van der Waals surface area contributed by atoms with Crippen molar-refractivity contribution in [1.82, 2.24) is 10.2 Å². The number of methoxy groups -OCH3 is 1. The number of carbonyl (C=O) groups excluding carboxylic acids is 1. The normalized spacial score (nSPS) is 25.5. The van der Waals surface area contributed by atoms with Gasteiger partial charge in [-0.15, -0.1) is 0 Å². The molecule has 2 aliphatic heterocycles. The minimum Gasteiger partial charge on any atom is -0.495 e. The summed E-state index contributed by atoms with van der Waals surface area (Å²) in [6.45, 7) is 2.30. The van der Waals surface area contributed by atoms with Crippen LogP contribution in [0.1, 0.15) is 31.2 Å². The zero-order valence-corrected chi connectivity index (χ0v) is 14.1. The highest BCUT2D eigenvalue weighted by molar-refractivity contribution is 6.35. The van der Waals surface area contributed by atoms with Crippen molar-refractivity contribution < 1.29 is 9.53 Å². The molecule has 1 unspecified atom stereocenters. The molecular formula is C16H20Cl2N2O2. The van der Waals surface area contributed by atoms with E-state index in [1.807, 2.05) is 6.07 Å². The lowest BCUT2D eigenvalue weighted by molar-refractivity contribution is -0.134. The van der Waals surface area contributed by atoms with Gasteiger partial charge in [0.15, 0.2) is 0 Å². The number of hydrogen-bond acceptors (Lipinski definition) is 3. The summed E-state index contributed by atoms with van der Waals surface area (Å²) in [5.74, 6) is 0.799. The van der Waals surface area contributed by atoms with Crippen LogP contribution in [0.25, 0.3) is 0 Å². The zero-order valence-electron chi connectivity index (χ0n) is 12.6. The number of halogens is 2. The summed E-state index contributed by atoms with van der Waals surface area (Å²) < 4.78 is 5.43. The molecule has 1 aromatic rings. The van der Waals surface area contributed by atoms with E-state index in [1.165, 1.54) is 0 Å². The maximum atomic E-state index is 12.5. The van der Waals surface area contributed by atoms with Gasteiger partial charge in [0, 0.05) is 23.7 Å². The SMILES string of the molecule is COc1c(Cl)cc(Cl)cc1CN1CCCC12CCCNC2=O. The van der Waals surface area contributed by atoms with E-state index in [9.17, 15) is 4.79 Å². The van der Waals surface area contributed by atoms with E-state index in [0.29, 0.717) is 22.3 Å². The first kappa shape index (κ1) is 15.9.